The van der Waals surface area contributed by atoms with Gasteiger partial charge in [0.15, 0.2) is 0 Å². The zero-order valence-corrected chi connectivity index (χ0v) is 13.7. The lowest BCUT2D eigenvalue weighted by molar-refractivity contribution is -0.139. The summed E-state index contributed by atoms with van der Waals surface area (Å²) in [5.41, 5.74) is 1.87. The largest absolute Gasteiger partial charge is 0.468 e. The topological polar surface area (TPSA) is 52.1 Å². The number of nitrogens with zero attached hydrogens (tertiary/aromatic N) is 2. The highest BCUT2D eigenvalue weighted by atomic mass is 32.2. The average Bonchev–Trinajstić information content (AvgIpc) is 2.62. The van der Waals surface area contributed by atoms with Gasteiger partial charge in [-0.05, 0) is 6.92 Å². The third kappa shape index (κ3) is 3.19. The van der Waals surface area contributed by atoms with Crippen molar-refractivity contribution in [2.75, 3.05) is 7.11 Å². The summed E-state index contributed by atoms with van der Waals surface area (Å²) in [5.74, 6) is -0.270. The van der Waals surface area contributed by atoms with Crippen molar-refractivity contribution < 1.29 is 9.53 Å². The van der Waals surface area contributed by atoms with Crippen molar-refractivity contribution in [2.45, 2.75) is 17.2 Å². The fourth-order valence-corrected chi connectivity index (χ4v) is 3.28. The van der Waals surface area contributed by atoms with Gasteiger partial charge in [-0.2, -0.15) is 0 Å². The van der Waals surface area contributed by atoms with Gasteiger partial charge in [-0.1, -0.05) is 66.4 Å². The Kier molecular flexibility index (Phi) is 4.57. The number of thioether (sulfide) groups is 1. The monoisotopic (exact) mass is 324 g/mol. The van der Waals surface area contributed by atoms with Gasteiger partial charge in [0.1, 0.15) is 16.0 Å². The van der Waals surface area contributed by atoms with Gasteiger partial charge in [0.05, 0.1) is 7.11 Å². The quantitative estimate of drug-likeness (QED) is 0.537. The van der Waals surface area contributed by atoms with Crippen molar-refractivity contribution in [3.05, 3.63) is 54.6 Å². The van der Waals surface area contributed by atoms with E-state index in [9.17, 15) is 4.79 Å². The molecule has 0 saturated carbocycles. The molecule has 23 heavy (non-hydrogen) atoms. The van der Waals surface area contributed by atoms with Gasteiger partial charge in [0.25, 0.3) is 0 Å². The third-order valence-corrected chi connectivity index (χ3v) is 4.59. The van der Waals surface area contributed by atoms with Crippen molar-refractivity contribution >= 4 is 28.5 Å². The summed E-state index contributed by atoms with van der Waals surface area (Å²) >= 11 is 1.36. The fraction of sp³-hybridized carbons (Fsp3) is 0.167. The van der Waals surface area contributed by atoms with Gasteiger partial charge in [-0.25, -0.2) is 0 Å². The van der Waals surface area contributed by atoms with Gasteiger partial charge < -0.3 is 4.74 Å². The van der Waals surface area contributed by atoms with E-state index in [4.69, 9.17) is 4.74 Å². The minimum atomic E-state index is -0.333. The summed E-state index contributed by atoms with van der Waals surface area (Å²) in [7, 11) is 1.39. The van der Waals surface area contributed by atoms with Crippen molar-refractivity contribution in [3.8, 4) is 11.3 Å². The maximum absolute atomic E-state index is 11.6. The first-order valence-electron chi connectivity index (χ1n) is 7.26. The van der Waals surface area contributed by atoms with E-state index in [2.05, 4.69) is 10.2 Å². The van der Waals surface area contributed by atoms with Crippen molar-refractivity contribution in [3.63, 3.8) is 0 Å². The van der Waals surface area contributed by atoms with Crippen LogP contribution in [0.1, 0.15) is 6.92 Å². The molecule has 1 heterocycles. The molecule has 0 amide bonds. The summed E-state index contributed by atoms with van der Waals surface area (Å²) in [6, 6.07) is 17.9. The Hall–Kier alpha value is -2.40. The molecule has 0 spiro atoms. The second kappa shape index (κ2) is 6.79. The summed E-state index contributed by atoms with van der Waals surface area (Å²) in [4.78, 5) is 11.6. The van der Waals surface area contributed by atoms with E-state index in [1.807, 2.05) is 54.6 Å². The minimum absolute atomic E-state index is 0.270. The third-order valence-electron chi connectivity index (χ3n) is 3.52. The van der Waals surface area contributed by atoms with Gasteiger partial charge in [0, 0.05) is 16.3 Å². The van der Waals surface area contributed by atoms with E-state index in [1.54, 1.807) is 6.92 Å². The Morgan fingerprint density at radius 3 is 2.35 bits per heavy atom. The molecule has 1 atom stereocenters. The minimum Gasteiger partial charge on any atom is -0.468 e. The molecule has 5 heteroatoms. The van der Waals surface area contributed by atoms with Crippen LogP contribution in [0.2, 0.25) is 0 Å². The number of fused-ring (bicyclic) bond motifs is 1. The van der Waals surface area contributed by atoms with E-state index in [0.717, 1.165) is 27.1 Å². The van der Waals surface area contributed by atoms with Gasteiger partial charge in [0.2, 0.25) is 0 Å². The van der Waals surface area contributed by atoms with Crippen LogP contribution in [-0.4, -0.2) is 28.5 Å². The molecule has 0 fully saturated rings. The molecule has 0 unspecified atom stereocenters. The molecule has 116 valence electrons. The van der Waals surface area contributed by atoms with Crippen LogP contribution in [0.5, 0.6) is 0 Å². The van der Waals surface area contributed by atoms with Crippen LogP contribution in [-0.2, 0) is 9.53 Å². The van der Waals surface area contributed by atoms with Crippen LogP contribution < -0.4 is 0 Å². The van der Waals surface area contributed by atoms with Gasteiger partial charge in [-0.3, -0.25) is 4.79 Å². The molecule has 0 N–H and O–H groups in total. The van der Waals surface area contributed by atoms with E-state index in [1.165, 1.54) is 18.9 Å². The number of rotatable bonds is 4. The summed E-state index contributed by atoms with van der Waals surface area (Å²) in [6.45, 7) is 1.80. The number of carbonyl (C=O) groups is 1. The molecule has 0 aliphatic heterocycles. The maximum atomic E-state index is 11.6. The molecule has 0 bridgehead atoms. The Morgan fingerprint density at radius 1 is 1.00 bits per heavy atom. The number of hydrogen-bond acceptors (Lipinski definition) is 5. The predicted octanol–water partition coefficient (Wildman–Crippen LogP) is 3.95. The predicted molar refractivity (Wildman–Crippen MR) is 92.3 cm³/mol. The second-order valence-corrected chi connectivity index (χ2v) is 6.38. The van der Waals surface area contributed by atoms with Crippen LogP contribution in [0, 0.1) is 0 Å². The number of esters is 1. The lowest BCUT2D eigenvalue weighted by Gasteiger charge is -2.11. The first kappa shape index (κ1) is 15.5. The number of benzene rings is 2. The Bertz CT molecular complexity index is 837. The van der Waals surface area contributed by atoms with E-state index < -0.39 is 0 Å². The van der Waals surface area contributed by atoms with Gasteiger partial charge in [-0.15, -0.1) is 10.2 Å². The van der Waals surface area contributed by atoms with E-state index in [0.29, 0.717) is 0 Å². The van der Waals surface area contributed by atoms with E-state index >= 15 is 0 Å². The Balaban J connectivity index is 2.08. The number of aromatic nitrogens is 2. The summed E-state index contributed by atoms with van der Waals surface area (Å²) < 4.78 is 4.78. The molecule has 1 aromatic heterocycles. The number of carbonyl (C=O) groups excluding carboxylic acids is 1. The molecule has 3 aromatic rings. The smallest absolute Gasteiger partial charge is 0.318 e. The second-order valence-electron chi connectivity index (χ2n) is 5.05. The van der Waals surface area contributed by atoms with Crippen molar-refractivity contribution in [1.29, 1.82) is 0 Å². The first-order valence-corrected chi connectivity index (χ1v) is 8.14. The highest BCUT2D eigenvalue weighted by Crippen LogP contribution is 2.33. The molecule has 0 radical (unpaired) electrons. The van der Waals surface area contributed by atoms with Crippen LogP contribution in [0.25, 0.3) is 22.0 Å². The standard InChI is InChI=1S/C18H16N2O2S/c1-12(18(21)22-2)23-17-15-11-7-6-10-14(15)16(19-20-17)13-8-4-3-5-9-13/h3-12H,1-2H3/t12-/m0/s1. The normalized spacial score (nSPS) is 12.1. The van der Waals surface area contributed by atoms with Crippen LogP contribution in [0.3, 0.4) is 0 Å². The highest BCUT2D eigenvalue weighted by Gasteiger charge is 2.18. The van der Waals surface area contributed by atoms with Crippen LogP contribution in [0.4, 0.5) is 0 Å². The van der Waals surface area contributed by atoms with Gasteiger partial charge >= 0.3 is 5.97 Å². The molecule has 2 aromatic carbocycles. The number of ether oxygens (including phenoxy) is 1. The van der Waals surface area contributed by atoms with Crippen LogP contribution >= 0.6 is 11.8 Å². The first-order chi connectivity index (χ1) is 11.2. The van der Waals surface area contributed by atoms with Crippen LogP contribution in [0.15, 0.2) is 59.6 Å². The SMILES string of the molecule is COC(=O)[C@H](C)Sc1nnc(-c2ccccc2)c2ccccc12. The zero-order valence-electron chi connectivity index (χ0n) is 12.9. The summed E-state index contributed by atoms with van der Waals surface area (Å²) in [5, 5.41) is 11.1. The summed E-state index contributed by atoms with van der Waals surface area (Å²) in [6.07, 6.45) is 0. The zero-order chi connectivity index (χ0) is 16.2. The molecule has 4 nitrogen and oxygen atoms in total. The number of hydrogen-bond donors (Lipinski definition) is 0. The van der Waals surface area contributed by atoms with Crippen molar-refractivity contribution in [2.24, 2.45) is 0 Å². The molecular weight excluding hydrogens is 308 g/mol. The molecule has 3 rings (SSSR count). The molecule has 0 saturated heterocycles. The van der Waals surface area contributed by atoms with Crippen molar-refractivity contribution in [1.82, 2.24) is 10.2 Å². The lowest BCUT2D eigenvalue weighted by atomic mass is 10.1. The Labute approximate surface area is 138 Å². The highest BCUT2D eigenvalue weighted by molar-refractivity contribution is 8.00. The lowest BCUT2D eigenvalue weighted by Crippen LogP contribution is -2.15. The molecular formula is C18H16N2O2S. The van der Waals surface area contributed by atoms with E-state index in [-0.39, 0.29) is 11.2 Å². The average molecular weight is 324 g/mol. The molecule has 0 aliphatic rings. The Morgan fingerprint density at radius 2 is 1.65 bits per heavy atom. The fourth-order valence-electron chi connectivity index (χ4n) is 2.36. The number of methoxy groups -OCH3 is 1. The maximum Gasteiger partial charge on any atom is 0.318 e. The molecule has 0 aliphatic carbocycles.